The molecule has 1 atom stereocenters. The fraction of sp³-hybridized carbons (Fsp3) is 0.440. The topological polar surface area (TPSA) is 76.7 Å². The van der Waals surface area contributed by atoms with Gasteiger partial charge >= 0.3 is 12.0 Å². The highest BCUT2D eigenvalue weighted by molar-refractivity contribution is 5.89. The summed E-state index contributed by atoms with van der Waals surface area (Å²) in [6.45, 7) is 2.47. The molecule has 2 aromatic carbocycles. The Balaban J connectivity index is 1.59. The first-order valence-electron chi connectivity index (χ1n) is 11.3. The van der Waals surface area contributed by atoms with Crippen LogP contribution in [0.4, 0.5) is 9.18 Å². The van der Waals surface area contributed by atoms with Crippen molar-refractivity contribution in [3.05, 3.63) is 65.5 Å². The predicted molar refractivity (Wildman–Crippen MR) is 120 cm³/mol. The van der Waals surface area contributed by atoms with Crippen molar-refractivity contribution in [2.45, 2.75) is 57.6 Å². The van der Waals surface area contributed by atoms with E-state index in [4.69, 9.17) is 9.47 Å². The molecule has 1 unspecified atom stereocenters. The summed E-state index contributed by atoms with van der Waals surface area (Å²) >= 11 is 0. The van der Waals surface area contributed by atoms with Gasteiger partial charge in [-0.25, -0.2) is 14.0 Å². The van der Waals surface area contributed by atoms with Gasteiger partial charge in [-0.2, -0.15) is 0 Å². The molecule has 0 spiro atoms. The predicted octanol–water partition coefficient (Wildman–Crippen LogP) is 5.14. The van der Waals surface area contributed by atoms with E-state index in [0.29, 0.717) is 30.9 Å². The van der Waals surface area contributed by atoms with Crippen molar-refractivity contribution in [1.29, 1.82) is 0 Å². The highest BCUT2D eigenvalue weighted by atomic mass is 19.1. The normalized spacial score (nSPS) is 14.9. The zero-order valence-corrected chi connectivity index (χ0v) is 18.4. The van der Waals surface area contributed by atoms with Crippen LogP contribution in [-0.4, -0.2) is 31.2 Å². The van der Waals surface area contributed by atoms with Crippen molar-refractivity contribution < 1.29 is 23.5 Å². The highest BCUT2D eigenvalue weighted by Crippen LogP contribution is 2.25. The monoisotopic (exact) mass is 442 g/mol. The van der Waals surface area contributed by atoms with Gasteiger partial charge in [-0.05, 0) is 61.7 Å². The molecule has 32 heavy (non-hydrogen) atoms. The van der Waals surface area contributed by atoms with Gasteiger partial charge in [-0.3, -0.25) is 0 Å². The number of ether oxygens (including phenoxy) is 2. The fourth-order valence-electron chi connectivity index (χ4n) is 3.82. The van der Waals surface area contributed by atoms with E-state index < -0.39 is 0 Å². The molecule has 7 heteroatoms. The Hall–Kier alpha value is -3.09. The number of carbonyl (C=O) groups is 2. The second-order valence-corrected chi connectivity index (χ2v) is 7.93. The molecule has 172 valence electrons. The van der Waals surface area contributed by atoms with Crippen LogP contribution in [0.2, 0.25) is 0 Å². The maximum atomic E-state index is 13.4. The van der Waals surface area contributed by atoms with E-state index in [9.17, 15) is 14.0 Å². The number of amides is 2. The average Bonchev–Trinajstić information content (AvgIpc) is 2.80. The minimum absolute atomic E-state index is 0.173. The van der Waals surface area contributed by atoms with Gasteiger partial charge in [0.25, 0.3) is 0 Å². The first-order valence-corrected chi connectivity index (χ1v) is 11.3. The van der Waals surface area contributed by atoms with Crippen molar-refractivity contribution >= 4 is 12.0 Å². The van der Waals surface area contributed by atoms with Crippen LogP contribution < -0.4 is 15.4 Å². The van der Waals surface area contributed by atoms with Crippen LogP contribution in [0.5, 0.6) is 5.75 Å². The maximum Gasteiger partial charge on any atom is 0.338 e. The number of hydrogen-bond acceptors (Lipinski definition) is 4. The van der Waals surface area contributed by atoms with Gasteiger partial charge in [0.2, 0.25) is 0 Å². The molecule has 0 radical (unpaired) electrons. The SMILES string of the molecule is CCOC(=O)c1ccc(OC(CCNC(=O)NC2CCCCC2)c2ccc(F)cc2)cc1. The van der Waals surface area contributed by atoms with E-state index in [2.05, 4.69) is 10.6 Å². The molecule has 6 nitrogen and oxygen atoms in total. The van der Waals surface area contributed by atoms with E-state index in [1.807, 2.05) is 0 Å². The average molecular weight is 443 g/mol. The van der Waals surface area contributed by atoms with E-state index >= 15 is 0 Å². The second-order valence-electron chi connectivity index (χ2n) is 7.93. The van der Waals surface area contributed by atoms with Gasteiger partial charge in [0.15, 0.2) is 0 Å². The number of halogens is 1. The smallest absolute Gasteiger partial charge is 0.338 e. The molecule has 1 fully saturated rings. The molecule has 2 amide bonds. The summed E-state index contributed by atoms with van der Waals surface area (Å²) in [7, 11) is 0. The maximum absolute atomic E-state index is 13.4. The molecular formula is C25H31FN2O4. The number of hydrogen-bond donors (Lipinski definition) is 2. The molecule has 0 aromatic heterocycles. The van der Waals surface area contributed by atoms with Gasteiger partial charge in [-0.1, -0.05) is 31.4 Å². The Morgan fingerprint density at radius 1 is 1.03 bits per heavy atom. The summed E-state index contributed by atoms with van der Waals surface area (Å²) in [5.41, 5.74) is 1.24. The Labute approximate surface area is 188 Å². The molecule has 0 aliphatic heterocycles. The quantitative estimate of drug-likeness (QED) is 0.527. The summed E-state index contributed by atoms with van der Waals surface area (Å²) in [5, 5.41) is 5.93. The first kappa shape index (κ1) is 23.6. The fourth-order valence-corrected chi connectivity index (χ4v) is 3.82. The molecule has 1 aliphatic carbocycles. The molecular weight excluding hydrogens is 411 g/mol. The molecule has 0 heterocycles. The number of esters is 1. The third-order valence-corrected chi connectivity index (χ3v) is 5.52. The number of rotatable bonds is 9. The van der Waals surface area contributed by atoms with E-state index in [1.54, 1.807) is 43.3 Å². The lowest BCUT2D eigenvalue weighted by Gasteiger charge is -2.23. The Bertz CT molecular complexity index is 865. The van der Waals surface area contributed by atoms with Gasteiger partial charge in [-0.15, -0.1) is 0 Å². The number of benzene rings is 2. The minimum atomic E-state index is -0.390. The Kier molecular flexibility index (Phi) is 8.90. The summed E-state index contributed by atoms with van der Waals surface area (Å²) in [5.74, 6) is -0.141. The largest absolute Gasteiger partial charge is 0.486 e. The second kappa shape index (κ2) is 12.1. The molecule has 0 bridgehead atoms. The lowest BCUT2D eigenvalue weighted by atomic mass is 9.96. The molecule has 3 rings (SSSR count). The summed E-state index contributed by atoms with van der Waals surface area (Å²) < 4.78 is 24.5. The minimum Gasteiger partial charge on any atom is -0.486 e. The van der Waals surface area contributed by atoms with Crippen molar-refractivity contribution in [3.8, 4) is 5.75 Å². The Morgan fingerprint density at radius 2 is 1.72 bits per heavy atom. The third kappa shape index (κ3) is 7.25. The lowest BCUT2D eigenvalue weighted by Crippen LogP contribution is -2.43. The van der Waals surface area contributed by atoms with Crippen LogP contribution >= 0.6 is 0 Å². The summed E-state index contributed by atoms with van der Waals surface area (Å²) in [6.07, 6.45) is 5.70. The van der Waals surface area contributed by atoms with Crippen LogP contribution in [-0.2, 0) is 4.74 Å². The van der Waals surface area contributed by atoms with E-state index in [-0.39, 0.29) is 30.0 Å². The van der Waals surface area contributed by atoms with Gasteiger partial charge in [0, 0.05) is 19.0 Å². The van der Waals surface area contributed by atoms with Crippen molar-refractivity contribution in [3.63, 3.8) is 0 Å². The molecule has 0 saturated heterocycles. The molecule has 1 saturated carbocycles. The standard InChI is InChI=1S/C25H31FN2O4/c1-2-31-24(29)19-10-14-22(15-11-19)32-23(18-8-12-20(26)13-9-18)16-17-27-25(30)28-21-6-4-3-5-7-21/h8-15,21,23H,2-7,16-17H2,1H3,(H2,27,28,30). The summed E-state index contributed by atoms with van der Waals surface area (Å²) in [4.78, 5) is 24.1. The van der Waals surface area contributed by atoms with Crippen LogP contribution in [0.15, 0.2) is 48.5 Å². The first-order chi connectivity index (χ1) is 15.5. The zero-order chi connectivity index (χ0) is 22.8. The summed E-state index contributed by atoms with van der Waals surface area (Å²) in [6, 6.07) is 12.9. The third-order valence-electron chi connectivity index (χ3n) is 5.52. The molecule has 2 aromatic rings. The van der Waals surface area contributed by atoms with E-state index in [1.165, 1.54) is 18.6 Å². The van der Waals surface area contributed by atoms with Crippen molar-refractivity contribution in [2.24, 2.45) is 0 Å². The van der Waals surface area contributed by atoms with Gasteiger partial charge in [0.1, 0.15) is 17.7 Å². The van der Waals surface area contributed by atoms with Crippen molar-refractivity contribution in [1.82, 2.24) is 10.6 Å². The van der Waals surface area contributed by atoms with Crippen LogP contribution in [0, 0.1) is 5.82 Å². The Morgan fingerprint density at radius 3 is 2.38 bits per heavy atom. The van der Waals surface area contributed by atoms with Crippen LogP contribution in [0.25, 0.3) is 0 Å². The zero-order valence-electron chi connectivity index (χ0n) is 18.4. The highest BCUT2D eigenvalue weighted by Gasteiger charge is 2.18. The van der Waals surface area contributed by atoms with Crippen LogP contribution in [0.3, 0.4) is 0 Å². The molecule has 2 N–H and O–H groups in total. The lowest BCUT2D eigenvalue weighted by molar-refractivity contribution is 0.0526. The number of carbonyl (C=O) groups excluding carboxylic acids is 2. The number of urea groups is 1. The van der Waals surface area contributed by atoms with Gasteiger partial charge in [0.05, 0.1) is 12.2 Å². The van der Waals surface area contributed by atoms with E-state index in [0.717, 1.165) is 31.2 Å². The van der Waals surface area contributed by atoms with Crippen LogP contribution in [0.1, 0.15) is 67.5 Å². The number of nitrogens with one attached hydrogen (secondary N) is 2. The molecule has 1 aliphatic rings. The van der Waals surface area contributed by atoms with Crippen molar-refractivity contribution in [2.75, 3.05) is 13.2 Å². The van der Waals surface area contributed by atoms with Gasteiger partial charge < -0.3 is 20.1 Å².